The molecule has 1 atom stereocenters. The quantitative estimate of drug-likeness (QED) is 0.240. The molecule has 1 amide bonds. The summed E-state index contributed by atoms with van der Waals surface area (Å²) in [6, 6.07) is 11.9. The van der Waals surface area contributed by atoms with Crippen LogP contribution in [0.2, 0.25) is 0 Å². The Morgan fingerprint density at radius 1 is 1.06 bits per heavy atom. The molecule has 0 saturated carbocycles. The summed E-state index contributed by atoms with van der Waals surface area (Å²) < 4.78 is 16.5. The monoisotopic (exact) mass is 467 g/mol. The number of benzene rings is 2. The van der Waals surface area contributed by atoms with Crippen LogP contribution < -0.4 is 9.47 Å². The van der Waals surface area contributed by atoms with Gasteiger partial charge in [0.15, 0.2) is 11.5 Å². The van der Waals surface area contributed by atoms with Crippen LogP contribution >= 0.6 is 0 Å². The Hall–Kier alpha value is -3.32. The van der Waals surface area contributed by atoms with Gasteiger partial charge in [-0.1, -0.05) is 37.3 Å². The lowest BCUT2D eigenvalue weighted by Gasteiger charge is -2.26. The van der Waals surface area contributed by atoms with Crippen molar-refractivity contribution in [2.75, 3.05) is 27.4 Å². The predicted octanol–water partition coefficient (Wildman–Crippen LogP) is 4.50. The van der Waals surface area contributed by atoms with E-state index in [2.05, 4.69) is 0 Å². The molecule has 1 unspecified atom stereocenters. The number of ether oxygens (including phenoxy) is 3. The molecule has 0 spiro atoms. The Kier molecular flexibility index (Phi) is 8.34. The third-order valence-corrected chi connectivity index (χ3v) is 5.79. The molecule has 1 heterocycles. The number of amides is 1. The molecule has 0 radical (unpaired) electrons. The fourth-order valence-electron chi connectivity index (χ4n) is 4.10. The number of carbonyl (C=O) groups excluding carboxylic acids is 2. The van der Waals surface area contributed by atoms with Crippen LogP contribution in [0.1, 0.15) is 49.9 Å². The van der Waals surface area contributed by atoms with Gasteiger partial charge in [0, 0.05) is 25.8 Å². The number of aliphatic hydroxyl groups is 1. The largest absolute Gasteiger partial charge is 0.507 e. The van der Waals surface area contributed by atoms with Crippen molar-refractivity contribution in [1.29, 1.82) is 0 Å². The lowest BCUT2D eigenvalue weighted by atomic mass is 9.94. The zero-order chi connectivity index (χ0) is 24.8. The molecule has 1 N–H and O–H groups in total. The van der Waals surface area contributed by atoms with E-state index in [-0.39, 0.29) is 17.4 Å². The van der Waals surface area contributed by atoms with E-state index < -0.39 is 17.7 Å². The Morgan fingerprint density at radius 3 is 2.35 bits per heavy atom. The predicted molar refractivity (Wildman–Crippen MR) is 130 cm³/mol. The van der Waals surface area contributed by atoms with Crippen molar-refractivity contribution in [3.63, 3.8) is 0 Å². The number of hydrogen-bond donors (Lipinski definition) is 1. The molecular weight excluding hydrogens is 434 g/mol. The van der Waals surface area contributed by atoms with Gasteiger partial charge in [0.2, 0.25) is 0 Å². The second kappa shape index (κ2) is 11.2. The Balaban J connectivity index is 2.13. The van der Waals surface area contributed by atoms with Gasteiger partial charge in [0.1, 0.15) is 5.76 Å². The van der Waals surface area contributed by atoms with Gasteiger partial charge in [-0.2, -0.15) is 0 Å². The minimum atomic E-state index is -0.760. The molecule has 34 heavy (non-hydrogen) atoms. The standard InChI is InChI=1S/C27H33NO6/c1-6-18-8-10-19(11-9-18)25(29)23-24(28(14-7-15-32-4)27(31)26(23)30)20-12-13-21(34-17(2)3)22(16-20)33-5/h8-13,16-17,24,29H,6-7,14-15H2,1-5H3/b25-23-. The van der Waals surface area contributed by atoms with E-state index in [4.69, 9.17) is 14.2 Å². The third kappa shape index (κ3) is 5.25. The maximum absolute atomic E-state index is 13.1. The van der Waals surface area contributed by atoms with E-state index in [9.17, 15) is 14.7 Å². The van der Waals surface area contributed by atoms with Gasteiger partial charge in [-0.05, 0) is 49.9 Å². The van der Waals surface area contributed by atoms with Gasteiger partial charge >= 0.3 is 0 Å². The average molecular weight is 468 g/mol. The molecule has 7 nitrogen and oxygen atoms in total. The second-order valence-electron chi connectivity index (χ2n) is 8.47. The molecule has 7 heteroatoms. The average Bonchev–Trinajstić information content (AvgIpc) is 3.08. The van der Waals surface area contributed by atoms with E-state index in [1.165, 1.54) is 12.0 Å². The minimum absolute atomic E-state index is 0.0504. The highest BCUT2D eigenvalue weighted by Crippen LogP contribution is 2.42. The van der Waals surface area contributed by atoms with Crippen LogP contribution in [0, 0.1) is 0 Å². The van der Waals surface area contributed by atoms with E-state index in [0.717, 1.165) is 12.0 Å². The van der Waals surface area contributed by atoms with Gasteiger partial charge < -0.3 is 24.2 Å². The number of nitrogens with zero attached hydrogens (tertiary/aromatic N) is 1. The molecule has 3 rings (SSSR count). The summed E-state index contributed by atoms with van der Waals surface area (Å²) >= 11 is 0. The van der Waals surface area contributed by atoms with Crippen LogP contribution in [-0.4, -0.2) is 55.2 Å². The highest BCUT2D eigenvalue weighted by Gasteiger charge is 2.46. The number of rotatable bonds is 10. The van der Waals surface area contributed by atoms with E-state index in [1.807, 2.05) is 32.9 Å². The van der Waals surface area contributed by atoms with Gasteiger partial charge in [-0.3, -0.25) is 9.59 Å². The van der Waals surface area contributed by atoms with Crippen LogP contribution in [0.5, 0.6) is 11.5 Å². The molecule has 2 aromatic rings. The number of Topliss-reactive ketones (excluding diaryl/α,β-unsaturated/α-hetero) is 1. The van der Waals surface area contributed by atoms with Gasteiger partial charge in [-0.15, -0.1) is 0 Å². The number of likely N-dealkylation sites (tertiary alicyclic amines) is 1. The number of aryl methyl sites for hydroxylation is 1. The van der Waals surface area contributed by atoms with Crippen LogP contribution in [0.3, 0.4) is 0 Å². The van der Waals surface area contributed by atoms with Gasteiger partial charge in [0.25, 0.3) is 11.7 Å². The SMILES string of the molecule is CCc1ccc(/C(O)=C2/C(=O)C(=O)N(CCCOC)C2c2ccc(OC(C)C)c(OC)c2)cc1. The first-order chi connectivity index (χ1) is 16.3. The summed E-state index contributed by atoms with van der Waals surface area (Å²) in [7, 11) is 3.13. The van der Waals surface area contributed by atoms with Crippen molar-refractivity contribution in [3.05, 3.63) is 64.7 Å². The Morgan fingerprint density at radius 2 is 1.76 bits per heavy atom. The minimum Gasteiger partial charge on any atom is -0.507 e. The summed E-state index contributed by atoms with van der Waals surface area (Å²) in [4.78, 5) is 27.7. The second-order valence-corrected chi connectivity index (χ2v) is 8.47. The Labute approximate surface area is 200 Å². The molecule has 1 saturated heterocycles. The molecule has 0 aromatic heterocycles. The fraction of sp³-hybridized carbons (Fsp3) is 0.407. The fourth-order valence-corrected chi connectivity index (χ4v) is 4.10. The highest BCUT2D eigenvalue weighted by molar-refractivity contribution is 6.46. The molecular formula is C27H33NO6. The van der Waals surface area contributed by atoms with E-state index >= 15 is 0 Å². The van der Waals surface area contributed by atoms with Crippen molar-refractivity contribution in [2.24, 2.45) is 0 Å². The first-order valence-electron chi connectivity index (χ1n) is 11.5. The molecule has 1 aliphatic heterocycles. The topological polar surface area (TPSA) is 85.3 Å². The molecule has 1 aliphatic rings. The zero-order valence-electron chi connectivity index (χ0n) is 20.5. The summed E-state index contributed by atoms with van der Waals surface area (Å²) in [6.45, 7) is 6.63. The van der Waals surface area contributed by atoms with Crippen molar-refractivity contribution >= 4 is 17.4 Å². The smallest absolute Gasteiger partial charge is 0.295 e. The molecule has 182 valence electrons. The van der Waals surface area contributed by atoms with Crippen molar-refractivity contribution in [2.45, 2.75) is 45.8 Å². The number of aliphatic hydroxyl groups excluding tert-OH is 1. The lowest BCUT2D eigenvalue weighted by Crippen LogP contribution is -2.31. The number of hydrogen-bond acceptors (Lipinski definition) is 6. The summed E-state index contributed by atoms with van der Waals surface area (Å²) in [5, 5.41) is 11.2. The molecule has 2 aromatic carbocycles. The molecule has 0 aliphatic carbocycles. The molecule has 0 bridgehead atoms. The van der Waals surface area contributed by atoms with Crippen molar-refractivity contribution in [1.82, 2.24) is 4.90 Å². The van der Waals surface area contributed by atoms with Gasteiger partial charge in [0.05, 0.1) is 24.8 Å². The summed E-state index contributed by atoms with van der Waals surface area (Å²) in [6.07, 6.45) is 1.36. The van der Waals surface area contributed by atoms with Crippen LogP contribution in [-0.2, 0) is 20.7 Å². The van der Waals surface area contributed by atoms with E-state index in [0.29, 0.717) is 42.2 Å². The van der Waals surface area contributed by atoms with Crippen molar-refractivity contribution < 1.29 is 28.9 Å². The van der Waals surface area contributed by atoms with Crippen molar-refractivity contribution in [3.8, 4) is 11.5 Å². The first kappa shape index (κ1) is 25.3. The number of carbonyl (C=O) groups is 2. The van der Waals surface area contributed by atoms with E-state index in [1.54, 1.807) is 37.4 Å². The highest BCUT2D eigenvalue weighted by atomic mass is 16.5. The van der Waals surface area contributed by atoms with Gasteiger partial charge in [-0.25, -0.2) is 0 Å². The maximum atomic E-state index is 13.1. The number of methoxy groups -OCH3 is 2. The summed E-state index contributed by atoms with van der Waals surface area (Å²) in [5.74, 6) is -0.495. The summed E-state index contributed by atoms with van der Waals surface area (Å²) in [5.41, 5.74) is 2.31. The van der Waals surface area contributed by atoms with Crippen LogP contribution in [0.25, 0.3) is 5.76 Å². The first-order valence-corrected chi connectivity index (χ1v) is 11.5. The zero-order valence-corrected chi connectivity index (χ0v) is 20.5. The van der Waals surface area contributed by atoms with Crippen LogP contribution in [0.4, 0.5) is 0 Å². The maximum Gasteiger partial charge on any atom is 0.295 e. The molecule has 1 fully saturated rings. The lowest BCUT2D eigenvalue weighted by molar-refractivity contribution is -0.140. The third-order valence-electron chi connectivity index (χ3n) is 5.79. The Bertz CT molecular complexity index is 1060. The van der Waals surface area contributed by atoms with Crippen LogP contribution in [0.15, 0.2) is 48.0 Å². The normalized spacial score (nSPS) is 17.5. The number of ketones is 1.